The van der Waals surface area contributed by atoms with Crippen LogP contribution in [0.15, 0.2) is 95.2 Å². The van der Waals surface area contributed by atoms with Crippen molar-refractivity contribution in [1.29, 1.82) is 0 Å². The summed E-state index contributed by atoms with van der Waals surface area (Å²) in [4.78, 5) is 37.6. The first kappa shape index (κ1) is 31.1. The van der Waals surface area contributed by atoms with Crippen molar-refractivity contribution >= 4 is 51.4 Å². The number of anilines is 2. The molecule has 242 valence electrons. The lowest BCUT2D eigenvalue weighted by Gasteiger charge is -2.09. The van der Waals surface area contributed by atoms with E-state index in [2.05, 4.69) is 55.6 Å². The van der Waals surface area contributed by atoms with Crippen LogP contribution in [0.4, 0.5) is 16.0 Å². The quantitative estimate of drug-likeness (QED) is 0.116. The number of fused-ring (bicyclic) bond motifs is 2. The number of nitrogens with two attached hydrogens (primary N) is 1. The number of rotatable bonds is 6. The van der Waals surface area contributed by atoms with Crippen LogP contribution in [0.3, 0.4) is 0 Å². The van der Waals surface area contributed by atoms with Crippen molar-refractivity contribution in [3.63, 3.8) is 0 Å². The lowest BCUT2D eigenvalue weighted by Crippen LogP contribution is -2.06. The maximum atomic E-state index is 13.6. The van der Waals surface area contributed by atoms with Gasteiger partial charge in [0, 0.05) is 36.0 Å². The number of halogens is 1. The molecule has 0 atom stereocenters. The number of thioether (sulfide) groups is 1. The third-order valence-corrected chi connectivity index (χ3v) is 7.78. The molecule has 1 aromatic carbocycles. The fourth-order valence-electron chi connectivity index (χ4n) is 5.06. The van der Waals surface area contributed by atoms with Gasteiger partial charge in [-0.25, -0.2) is 34.3 Å². The molecule has 7 heterocycles. The molecule has 5 N–H and O–H groups in total. The predicted octanol–water partition coefficient (Wildman–Crippen LogP) is 6.16. The van der Waals surface area contributed by atoms with Crippen molar-refractivity contribution in [3.8, 4) is 45.2 Å². The number of aromatic amines is 2. The number of carbonyl (C=O) groups is 1. The van der Waals surface area contributed by atoms with Gasteiger partial charge in [0.05, 0.1) is 34.1 Å². The van der Waals surface area contributed by atoms with Crippen molar-refractivity contribution in [2.75, 3.05) is 17.3 Å². The normalized spacial score (nSPS) is 11.0. The van der Waals surface area contributed by atoms with Gasteiger partial charge in [0.15, 0.2) is 28.0 Å². The van der Waals surface area contributed by atoms with Crippen molar-refractivity contribution in [2.24, 2.45) is 0 Å². The highest BCUT2D eigenvalue weighted by Gasteiger charge is 2.19. The summed E-state index contributed by atoms with van der Waals surface area (Å²) < 4.78 is 19.2. The Hall–Kier alpha value is -6.55. The Kier molecular flexibility index (Phi) is 8.42. The van der Waals surface area contributed by atoms with E-state index in [9.17, 15) is 9.18 Å². The van der Waals surface area contributed by atoms with Crippen LogP contribution in [0.5, 0.6) is 0 Å². The number of aromatic nitrogens is 10. The van der Waals surface area contributed by atoms with E-state index in [-0.39, 0.29) is 11.7 Å². The number of hydrogen-bond donors (Lipinski definition) is 4. The Balaban J connectivity index is 0.000000155. The van der Waals surface area contributed by atoms with E-state index in [1.165, 1.54) is 37.1 Å². The average Bonchev–Trinajstić information content (AvgIpc) is 3.89. The average molecular weight is 673 g/mol. The van der Waals surface area contributed by atoms with Crippen molar-refractivity contribution in [3.05, 3.63) is 91.5 Å². The summed E-state index contributed by atoms with van der Waals surface area (Å²) in [7, 11) is 0. The van der Waals surface area contributed by atoms with Gasteiger partial charge in [0.2, 0.25) is 5.91 Å². The number of pyridine rings is 2. The molecule has 0 saturated carbocycles. The highest BCUT2D eigenvalue weighted by molar-refractivity contribution is 7.98. The minimum atomic E-state index is -0.334. The van der Waals surface area contributed by atoms with Crippen molar-refractivity contribution in [2.45, 2.75) is 12.1 Å². The maximum Gasteiger partial charge on any atom is 0.222 e. The minimum Gasteiger partial charge on any atom is -0.463 e. The van der Waals surface area contributed by atoms with E-state index < -0.39 is 0 Å². The van der Waals surface area contributed by atoms with Crippen LogP contribution in [0, 0.1) is 5.82 Å². The standard InChI is InChI=1S/C17H14N6O2S.C16H11FN6/c1-9(24)19-15-11-8-10(12-5-6-18-17(20-12)26-2)14(13-4-3-7-25-13)21-16(11)23-22-15;17-10-3-1-2-9(6-10)14-11(13-4-5-19-8-20-13)7-12-15(18)22-23-16(12)21-14/h3-8H,1-2H3,(H2,19,21,22,23,24);1-8H,(H3,18,21,22,23). The maximum absolute atomic E-state index is 13.6. The summed E-state index contributed by atoms with van der Waals surface area (Å²) in [6.45, 7) is 1.43. The van der Waals surface area contributed by atoms with Crippen LogP contribution in [0.1, 0.15) is 6.92 Å². The topological polar surface area (TPSA) is 203 Å². The SMILES string of the molecule is CSc1nccc(-c2cc3c(NC(C)=O)n[nH]c3nc2-c2ccco2)n1.Nc1[nH]nc2nc(-c3cccc(F)c3)c(-c3ccncn3)cc12. The molecule has 49 heavy (non-hydrogen) atoms. The fourth-order valence-corrected chi connectivity index (χ4v) is 5.41. The zero-order chi connectivity index (χ0) is 33.9. The van der Waals surface area contributed by atoms with E-state index in [1.54, 1.807) is 42.9 Å². The molecule has 0 aliphatic heterocycles. The Morgan fingerprint density at radius 1 is 0.898 bits per heavy atom. The van der Waals surface area contributed by atoms with Crippen LogP contribution >= 0.6 is 11.8 Å². The van der Waals surface area contributed by atoms with Gasteiger partial charge in [-0.3, -0.25) is 15.0 Å². The molecule has 0 aliphatic carbocycles. The van der Waals surface area contributed by atoms with Crippen molar-refractivity contribution in [1.82, 2.24) is 50.3 Å². The van der Waals surface area contributed by atoms with Gasteiger partial charge in [-0.2, -0.15) is 10.2 Å². The number of benzene rings is 1. The van der Waals surface area contributed by atoms with Gasteiger partial charge in [-0.05, 0) is 54.8 Å². The molecule has 14 nitrogen and oxygen atoms in total. The van der Waals surface area contributed by atoms with E-state index >= 15 is 0 Å². The molecule has 0 radical (unpaired) electrons. The predicted molar refractivity (Wildman–Crippen MR) is 183 cm³/mol. The van der Waals surface area contributed by atoms with E-state index in [0.29, 0.717) is 73.0 Å². The summed E-state index contributed by atoms with van der Waals surface area (Å²) in [5.41, 5.74) is 11.6. The molecule has 8 aromatic rings. The van der Waals surface area contributed by atoms with Gasteiger partial charge in [-0.1, -0.05) is 23.9 Å². The largest absolute Gasteiger partial charge is 0.463 e. The Bertz CT molecular complexity index is 2430. The number of nitrogens with one attached hydrogen (secondary N) is 3. The second-order valence-electron chi connectivity index (χ2n) is 10.4. The van der Waals surface area contributed by atoms with Gasteiger partial charge >= 0.3 is 0 Å². The highest BCUT2D eigenvalue weighted by atomic mass is 32.2. The number of hydrogen-bond acceptors (Lipinski definition) is 12. The Labute approximate surface area is 280 Å². The first-order valence-corrected chi connectivity index (χ1v) is 15.9. The molecule has 0 fully saturated rings. The number of H-pyrrole nitrogens is 2. The summed E-state index contributed by atoms with van der Waals surface area (Å²) in [6.07, 6.45) is 8.30. The third kappa shape index (κ3) is 6.39. The number of amides is 1. The molecular weight excluding hydrogens is 648 g/mol. The lowest BCUT2D eigenvalue weighted by molar-refractivity contribution is -0.114. The number of nitrogens with zero attached hydrogens (tertiary/aromatic N) is 8. The molecule has 7 aromatic heterocycles. The first-order valence-electron chi connectivity index (χ1n) is 14.6. The van der Waals surface area contributed by atoms with Gasteiger partial charge in [0.1, 0.15) is 23.7 Å². The Morgan fingerprint density at radius 3 is 2.49 bits per heavy atom. The molecular formula is C33H25FN12O2S. The lowest BCUT2D eigenvalue weighted by atomic mass is 10.0. The molecule has 0 saturated heterocycles. The van der Waals surface area contributed by atoms with Crippen LogP contribution in [-0.2, 0) is 4.79 Å². The number of nitrogen functional groups attached to an aromatic ring is 1. The first-order chi connectivity index (χ1) is 23.9. The second-order valence-corrected chi connectivity index (χ2v) is 11.2. The zero-order valence-corrected chi connectivity index (χ0v) is 26.7. The molecule has 1 amide bonds. The molecule has 0 spiro atoms. The fraction of sp³-hybridized carbons (Fsp3) is 0.0606. The molecule has 16 heteroatoms. The Morgan fingerprint density at radius 2 is 1.73 bits per heavy atom. The smallest absolute Gasteiger partial charge is 0.222 e. The van der Waals surface area contributed by atoms with Crippen molar-refractivity contribution < 1.29 is 13.6 Å². The molecule has 0 aliphatic rings. The highest BCUT2D eigenvalue weighted by Crippen LogP contribution is 2.35. The summed E-state index contributed by atoms with van der Waals surface area (Å²) >= 11 is 1.46. The second kappa shape index (κ2) is 13.3. The third-order valence-electron chi connectivity index (χ3n) is 7.22. The van der Waals surface area contributed by atoms with Crippen LogP contribution < -0.4 is 11.1 Å². The van der Waals surface area contributed by atoms with E-state index in [1.807, 2.05) is 30.5 Å². The number of carbonyl (C=O) groups excluding carboxylic acids is 1. The van der Waals surface area contributed by atoms with Gasteiger partial charge < -0.3 is 15.5 Å². The molecule has 0 unspecified atom stereocenters. The van der Waals surface area contributed by atoms with Gasteiger partial charge in [0.25, 0.3) is 0 Å². The summed E-state index contributed by atoms with van der Waals surface area (Å²) in [5, 5.41) is 18.5. The monoisotopic (exact) mass is 672 g/mol. The van der Waals surface area contributed by atoms with Crippen LogP contribution in [0.2, 0.25) is 0 Å². The van der Waals surface area contributed by atoms with E-state index in [0.717, 1.165) is 11.1 Å². The zero-order valence-electron chi connectivity index (χ0n) is 25.8. The van der Waals surface area contributed by atoms with Gasteiger partial charge in [-0.15, -0.1) is 0 Å². The summed E-state index contributed by atoms with van der Waals surface area (Å²) in [5.74, 6) is 0.920. The molecule has 8 rings (SSSR count). The number of furan rings is 1. The van der Waals surface area contributed by atoms with Crippen LogP contribution in [-0.4, -0.2) is 62.5 Å². The van der Waals surface area contributed by atoms with Crippen LogP contribution in [0.25, 0.3) is 67.3 Å². The molecule has 0 bridgehead atoms. The minimum absolute atomic E-state index is 0.207. The van der Waals surface area contributed by atoms with E-state index in [4.69, 9.17) is 10.2 Å². The summed E-state index contributed by atoms with van der Waals surface area (Å²) in [6, 6.07) is 17.2.